The standard InChI is InChI=1S/C25H18ClFO5/c1-14-21(30-12-17-10-18(26)9-16-11-29-13-31-25(16)17)7-6-20-23(28)22(32-24(14)20)8-15-2-4-19(27)5-3-15/h2-10H,11-13H2,1H3/b22-8-. The van der Waals surface area contributed by atoms with Crippen molar-refractivity contribution in [2.75, 3.05) is 6.79 Å². The minimum absolute atomic E-state index is 0.179. The lowest BCUT2D eigenvalue weighted by molar-refractivity contribution is -0.0175. The Morgan fingerprint density at radius 1 is 1.12 bits per heavy atom. The molecular formula is C25H18ClFO5. The molecule has 2 aliphatic heterocycles. The molecule has 7 heteroatoms. The third-order valence-corrected chi connectivity index (χ3v) is 5.56. The summed E-state index contributed by atoms with van der Waals surface area (Å²) in [4.78, 5) is 12.8. The van der Waals surface area contributed by atoms with E-state index in [1.807, 2.05) is 13.0 Å². The number of allylic oxidation sites excluding steroid dienone is 1. The van der Waals surface area contributed by atoms with Crippen LogP contribution in [0.25, 0.3) is 6.08 Å². The zero-order chi connectivity index (χ0) is 22.2. The zero-order valence-corrected chi connectivity index (χ0v) is 17.9. The minimum atomic E-state index is -0.342. The maximum Gasteiger partial charge on any atom is 0.231 e. The molecular weight excluding hydrogens is 435 g/mol. The summed E-state index contributed by atoms with van der Waals surface area (Å²) in [6, 6.07) is 12.9. The first kappa shape index (κ1) is 20.5. The number of Topliss-reactive ketones (excluding diaryl/α,β-unsaturated/α-hetero) is 1. The molecule has 0 amide bonds. The van der Waals surface area contributed by atoms with Crippen LogP contribution in [0.3, 0.4) is 0 Å². The Kier molecular flexibility index (Phi) is 5.33. The molecule has 3 aromatic rings. The lowest BCUT2D eigenvalue weighted by atomic mass is 10.1. The summed E-state index contributed by atoms with van der Waals surface area (Å²) >= 11 is 6.23. The maximum absolute atomic E-state index is 13.1. The SMILES string of the molecule is Cc1c(OCc2cc(Cl)cc3c2OCOC3)ccc2c1O/C(=C\c1ccc(F)cc1)C2=O. The maximum atomic E-state index is 13.1. The second-order valence-corrected chi connectivity index (χ2v) is 7.95. The largest absolute Gasteiger partial charge is 0.488 e. The van der Waals surface area contributed by atoms with Crippen LogP contribution in [0.4, 0.5) is 4.39 Å². The monoisotopic (exact) mass is 452 g/mol. The number of rotatable bonds is 4. The molecule has 0 saturated carbocycles. The summed E-state index contributed by atoms with van der Waals surface area (Å²) in [5.41, 5.74) is 3.52. The van der Waals surface area contributed by atoms with Crippen molar-refractivity contribution >= 4 is 23.5 Å². The van der Waals surface area contributed by atoms with E-state index in [9.17, 15) is 9.18 Å². The molecule has 0 saturated heterocycles. The van der Waals surface area contributed by atoms with E-state index in [-0.39, 0.29) is 30.8 Å². The minimum Gasteiger partial charge on any atom is -0.488 e. The highest BCUT2D eigenvalue weighted by molar-refractivity contribution is 6.30. The first-order valence-corrected chi connectivity index (χ1v) is 10.4. The van der Waals surface area contributed by atoms with Crippen molar-refractivity contribution in [3.05, 3.63) is 92.9 Å². The topological polar surface area (TPSA) is 54.0 Å². The van der Waals surface area contributed by atoms with Gasteiger partial charge < -0.3 is 18.9 Å². The molecule has 0 aromatic heterocycles. The third kappa shape index (κ3) is 3.83. The molecule has 162 valence electrons. The summed E-state index contributed by atoms with van der Waals surface area (Å²) in [5.74, 6) is 1.38. The van der Waals surface area contributed by atoms with Crippen LogP contribution in [0.1, 0.15) is 32.6 Å². The van der Waals surface area contributed by atoms with E-state index < -0.39 is 0 Å². The van der Waals surface area contributed by atoms with Crippen molar-refractivity contribution < 1.29 is 28.1 Å². The number of halogens is 2. The predicted octanol–water partition coefficient (Wildman–Crippen LogP) is 5.85. The van der Waals surface area contributed by atoms with E-state index >= 15 is 0 Å². The summed E-state index contributed by atoms with van der Waals surface area (Å²) in [6.07, 6.45) is 1.60. The van der Waals surface area contributed by atoms with Crippen LogP contribution in [-0.4, -0.2) is 12.6 Å². The number of carbonyl (C=O) groups is 1. The number of benzene rings is 3. The molecule has 5 nitrogen and oxygen atoms in total. The number of carbonyl (C=O) groups excluding carboxylic acids is 1. The number of ketones is 1. The van der Waals surface area contributed by atoms with E-state index in [4.69, 9.17) is 30.5 Å². The highest BCUT2D eigenvalue weighted by Crippen LogP contribution is 2.40. The summed E-state index contributed by atoms with van der Waals surface area (Å²) < 4.78 is 36.0. The predicted molar refractivity (Wildman–Crippen MR) is 117 cm³/mol. The van der Waals surface area contributed by atoms with Gasteiger partial charge in [-0.05, 0) is 55.0 Å². The van der Waals surface area contributed by atoms with Gasteiger partial charge in [-0.15, -0.1) is 0 Å². The van der Waals surface area contributed by atoms with Crippen LogP contribution in [0.15, 0.2) is 54.3 Å². The first-order valence-electron chi connectivity index (χ1n) is 9.97. The number of ether oxygens (including phenoxy) is 4. The van der Waals surface area contributed by atoms with E-state index in [1.54, 1.807) is 36.4 Å². The fourth-order valence-corrected chi connectivity index (χ4v) is 4.02. The molecule has 2 heterocycles. The van der Waals surface area contributed by atoms with Crippen LogP contribution >= 0.6 is 11.6 Å². The third-order valence-electron chi connectivity index (χ3n) is 5.34. The Hall–Kier alpha value is -3.35. The molecule has 0 fully saturated rings. The molecule has 32 heavy (non-hydrogen) atoms. The van der Waals surface area contributed by atoms with Crippen molar-refractivity contribution in [1.29, 1.82) is 0 Å². The number of fused-ring (bicyclic) bond motifs is 2. The van der Waals surface area contributed by atoms with Gasteiger partial charge in [-0.25, -0.2) is 4.39 Å². The van der Waals surface area contributed by atoms with Gasteiger partial charge in [0.25, 0.3) is 0 Å². The molecule has 0 unspecified atom stereocenters. The Balaban J connectivity index is 1.39. The highest BCUT2D eigenvalue weighted by atomic mass is 35.5. The zero-order valence-electron chi connectivity index (χ0n) is 17.1. The Bertz CT molecular complexity index is 1250. The Morgan fingerprint density at radius 2 is 1.94 bits per heavy atom. The van der Waals surface area contributed by atoms with E-state index in [1.165, 1.54) is 12.1 Å². The fraction of sp³-hybridized carbons (Fsp3) is 0.160. The molecule has 0 bridgehead atoms. The quantitative estimate of drug-likeness (QED) is 0.465. The lowest BCUT2D eigenvalue weighted by Crippen LogP contribution is -2.14. The molecule has 3 aromatic carbocycles. The van der Waals surface area contributed by atoms with Gasteiger partial charge >= 0.3 is 0 Å². The van der Waals surface area contributed by atoms with Gasteiger partial charge in [-0.3, -0.25) is 4.79 Å². The van der Waals surface area contributed by atoms with Gasteiger partial charge in [-0.2, -0.15) is 0 Å². The average Bonchev–Trinajstić information content (AvgIpc) is 3.10. The van der Waals surface area contributed by atoms with Crippen LogP contribution in [-0.2, 0) is 18.0 Å². The molecule has 0 N–H and O–H groups in total. The highest BCUT2D eigenvalue weighted by Gasteiger charge is 2.30. The number of hydrogen-bond acceptors (Lipinski definition) is 5. The smallest absolute Gasteiger partial charge is 0.231 e. The summed E-state index contributed by atoms with van der Waals surface area (Å²) in [6.45, 7) is 2.67. The van der Waals surface area contributed by atoms with Gasteiger partial charge in [0.2, 0.25) is 5.78 Å². The lowest BCUT2D eigenvalue weighted by Gasteiger charge is -2.21. The van der Waals surface area contributed by atoms with Gasteiger partial charge in [0.05, 0.1) is 12.2 Å². The Labute approximate surface area is 188 Å². The van der Waals surface area contributed by atoms with Crippen LogP contribution in [0, 0.1) is 12.7 Å². The van der Waals surface area contributed by atoms with Gasteiger partial charge in [0.1, 0.15) is 29.7 Å². The van der Waals surface area contributed by atoms with Crippen molar-refractivity contribution in [2.24, 2.45) is 0 Å². The molecule has 2 aliphatic rings. The normalized spacial score (nSPS) is 15.7. The van der Waals surface area contributed by atoms with Gasteiger partial charge in [0, 0.05) is 21.7 Å². The Morgan fingerprint density at radius 3 is 2.75 bits per heavy atom. The van der Waals surface area contributed by atoms with Gasteiger partial charge in [-0.1, -0.05) is 23.7 Å². The first-order chi connectivity index (χ1) is 15.5. The van der Waals surface area contributed by atoms with Crippen LogP contribution in [0.5, 0.6) is 17.2 Å². The molecule has 0 atom stereocenters. The van der Waals surface area contributed by atoms with E-state index in [0.717, 1.165) is 16.9 Å². The fourth-order valence-electron chi connectivity index (χ4n) is 3.75. The molecule has 0 spiro atoms. The van der Waals surface area contributed by atoms with Crippen LogP contribution in [0.2, 0.25) is 5.02 Å². The van der Waals surface area contributed by atoms with Crippen molar-refractivity contribution in [2.45, 2.75) is 20.1 Å². The van der Waals surface area contributed by atoms with E-state index in [2.05, 4.69) is 0 Å². The van der Waals surface area contributed by atoms with Crippen molar-refractivity contribution in [3.8, 4) is 17.2 Å². The molecule has 0 radical (unpaired) electrons. The molecule has 5 rings (SSSR count). The van der Waals surface area contributed by atoms with Gasteiger partial charge in [0.15, 0.2) is 12.6 Å². The summed E-state index contributed by atoms with van der Waals surface area (Å²) in [5, 5.41) is 0.576. The second-order valence-electron chi connectivity index (χ2n) is 7.51. The van der Waals surface area contributed by atoms with Crippen molar-refractivity contribution in [3.63, 3.8) is 0 Å². The van der Waals surface area contributed by atoms with E-state index in [0.29, 0.717) is 39.8 Å². The molecule has 0 aliphatic carbocycles. The average molecular weight is 453 g/mol. The number of hydrogen-bond donors (Lipinski definition) is 0. The second kappa shape index (κ2) is 8.30. The van der Waals surface area contributed by atoms with Crippen LogP contribution < -0.4 is 14.2 Å². The van der Waals surface area contributed by atoms with Crippen molar-refractivity contribution in [1.82, 2.24) is 0 Å². The summed E-state index contributed by atoms with van der Waals surface area (Å²) in [7, 11) is 0.